The molecule has 3 aromatic rings. The van der Waals surface area contributed by atoms with E-state index in [4.69, 9.17) is 17.0 Å². The summed E-state index contributed by atoms with van der Waals surface area (Å²) in [5.74, 6) is 1.38. The first-order chi connectivity index (χ1) is 13.6. The van der Waals surface area contributed by atoms with Gasteiger partial charge < -0.3 is 9.64 Å². The summed E-state index contributed by atoms with van der Waals surface area (Å²) in [7, 11) is 1.63. The van der Waals surface area contributed by atoms with E-state index in [1.165, 1.54) is 5.69 Å². The maximum Gasteiger partial charge on any atom is 0.216 e. The minimum Gasteiger partial charge on any atom is -0.496 e. The van der Waals surface area contributed by atoms with E-state index < -0.39 is 0 Å². The number of rotatable bonds is 7. The molecule has 0 fully saturated rings. The molecule has 0 bridgehead atoms. The fourth-order valence-electron chi connectivity index (χ4n) is 2.92. The average molecular weight is 460 g/mol. The summed E-state index contributed by atoms with van der Waals surface area (Å²) in [6, 6.07) is 14.0. The van der Waals surface area contributed by atoms with Crippen molar-refractivity contribution in [1.82, 2.24) is 14.9 Å². The molecule has 1 heterocycles. The van der Waals surface area contributed by atoms with E-state index in [-0.39, 0.29) is 0 Å². The second kappa shape index (κ2) is 9.16. The standard InChI is InChI=1S/C20H22BrN5OS/c1-4-25(5-2)17-9-6-14(7-10-17)19-23-24-20(28)26(19)22-13-15-12-16(21)8-11-18(15)27-3/h6-13H,4-5H2,1-3H3,(H,24,28). The average Bonchev–Trinajstić information content (AvgIpc) is 3.08. The molecule has 0 aliphatic rings. The molecule has 3 rings (SSSR count). The summed E-state index contributed by atoms with van der Waals surface area (Å²) in [6.45, 7) is 6.22. The number of aromatic amines is 1. The van der Waals surface area contributed by atoms with E-state index in [2.05, 4.69) is 62.1 Å². The van der Waals surface area contributed by atoms with Gasteiger partial charge in [-0.1, -0.05) is 15.9 Å². The first kappa shape index (κ1) is 20.3. The van der Waals surface area contributed by atoms with E-state index >= 15 is 0 Å². The Bertz CT molecular complexity index is 1020. The number of nitrogens with one attached hydrogen (secondary N) is 1. The molecule has 2 aromatic carbocycles. The Labute approximate surface area is 178 Å². The highest BCUT2D eigenvalue weighted by molar-refractivity contribution is 9.10. The Morgan fingerprint density at radius 3 is 2.57 bits per heavy atom. The molecule has 0 saturated heterocycles. The third kappa shape index (κ3) is 4.34. The number of hydrogen-bond acceptors (Lipinski definition) is 5. The Morgan fingerprint density at radius 1 is 1.21 bits per heavy atom. The van der Waals surface area contributed by atoms with Gasteiger partial charge in [0.1, 0.15) is 5.75 Å². The van der Waals surface area contributed by atoms with Crippen molar-refractivity contribution in [1.29, 1.82) is 0 Å². The molecular weight excluding hydrogens is 438 g/mol. The molecule has 28 heavy (non-hydrogen) atoms. The number of anilines is 1. The molecule has 8 heteroatoms. The molecule has 0 spiro atoms. The monoisotopic (exact) mass is 459 g/mol. The van der Waals surface area contributed by atoms with Crippen LogP contribution in [0.2, 0.25) is 0 Å². The molecule has 0 radical (unpaired) electrons. The molecule has 0 amide bonds. The van der Waals surface area contributed by atoms with Gasteiger partial charge in [0, 0.05) is 34.4 Å². The lowest BCUT2D eigenvalue weighted by Gasteiger charge is -2.21. The Kier molecular flexibility index (Phi) is 6.64. The van der Waals surface area contributed by atoms with Crippen LogP contribution in [-0.2, 0) is 0 Å². The Balaban J connectivity index is 1.95. The van der Waals surface area contributed by atoms with E-state index in [0.717, 1.165) is 34.4 Å². The van der Waals surface area contributed by atoms with E-state index in [0.29, 0.717) is 10.6 Å². The van der Waals surface area contributed by atoms with Crippen molar-refractivity contribution in [2.45, 2.75) is 13.8 Å². The lowest BCUT2D eigenvalue weighted by atomic mass is 10.2. The number of ether oxygens (including phenoxy) is 1. The molecule has 0 aliphatic carbocycles. The van der Waals surface area contributed by atoms with Gasteiger partial charge in [0.25, 0.3) is 0 Å². The SMILES string of the molecule is CCN(CC)c1ccc(-c2n[nH]c(=S)n2N=Cc2cc(Br)ccc2OC)cc1. The van der Waals surface area contributed by atoms with E-state index in [9.17, 15) is 0 Å². The Hall–Kier alpha value is -2.45. The van der Waals surface area contributed by atoms with Gasteiger partial charge in [0.05, 0.1) is 13.3 Å². The molecule has 0 atom stereocenters. The van der Waals surface area contributed by atoms with Crippen LogP contribution < -0.4 is 9.64 Å². The van der Waals surface area contributed by atoms with E-state index in [1.54, 1.807) is 18.0 Å². The van der Waals surface area contributed by atoms with Gasteiger partial charge in [-0.15, -0.1) is 0 Å². The van der Waals surface area contributed by atoms with Crippen molar-refractivity contribution in [2.24, 2.45) is 5.10 Å². The number of hydrogen-bond donors (Lipinski definition) is 1. The zero-order valence-electron chi connectivity index (χ0n) is 16.0. The molecule has 1 N–H and O–H groups in total. The van der Waals surface area contributed by atoms with Gasteiger partial charge in [0.15, 0.2) is 5.82 Å². The summed E-state index contributed by atoms with van der Waals surface area (Å²) in [5.41, 5.74) is 2.95. The summed E-state index contributed by atoms with van der Waals surface area (Å²) in [4.78, 5) is 2.29. The largest absolute Gasteiger partial charge is 0.496 e. The predicted octanol–water partition coefficient (Wildman–Crippen LogP) is 5.11. The van der Waals surface area contributed by atoms with Gasteiger partial charge in [-0.05, 0) is 68.5 Å². The van der Waals surface area contributed by atoms with Crippen LogP contribution in [-0.4, -0.2) is 41.3 Å². The zero-order chi connectivity index (χ0) is 20.1. The smallest absolute Gasteiger partial charge is 0.216 e. The highest BCUT2D eigenvalue weighted by Gasteiger charge is 2.10. The second-order valence-electron chi connectivity index (χ2n) is 6.01. The fraction of sp³-hybridized carbons (Fsp3) is 0.250. The summed E-state index contributed by atoms with van der Waals surface area (Å²) in [6.07, 6.45) is 1.71. The topological polar surface area (TPSA) is 58.4 Å². The fourth-order valence-corrected chi connectivity index (χ4v) is 3.48. The molecule has 6 nitrogen and oxygen atoms in total. The molecule has 0 unspecified atom stereocenters. The van der Waals surface area contributed by atoms with Gasteiger partial charge in [-0.3, -0.25) is 0 Å². The molecule has 146 valence electrons. The molecular formula is C20H22BrN5OS. The highest BCUT2D eigenvalue weighted by Crippen LogP contribution is 2.24. The van der Waals surface area contributed by atoms with Crippen LogP contribution in [0, 0.1) is 4.77 Å². The summed E-state index contributed by atoms with van der Waals surface area (Å²) in [5, 5.41) is 11.7. The summed E-state index contributed by atoms with van der Waals surface area (Å²) >= 11 is 8.84. The third-order valence-corrected chi connectivity index (χ3v) is 5.17. The van der Waals surface area contributed by atoms with Crippen LogP contribution in [0.25, 0.3) is 11.4 Å². The van der Waals surface area contributed by atoms with Crippen molar-refractivity contribution in [3.63, 3.8) is 0 Å². The van der Waals surface area contributed by atoms with Crippen LogP contribution in [0.4, 0.5) is 5.69 Å². The number of nitrogens with zero attached hydrogens (tertiary/aromatic N) is 4. The molecule has 0 saturated carbocycles. The lowest BCUT2D eigenvalue weighted by Crippen LogP contribution is -2.21. The van der Waals surface area contributed by atoms with Gasteiger partial charge >= 0.3 is 0 Å². The first-order valence-electron chi connectivity index (χ1n) is 8.98. The van der Waals surface area contributed by atoms with Crippen molar-refractivity contribution >= 4 is 40.0 Å². The van der Waals surface area contributed by atoms with Crippen LogP contribution >= 0.6 is 28.1 Å². The summed E-state index contributed by atoms with van der Waals surface area (Å²) < 4.78 is 8.38. The maximum atomic E-state index is 5.40. The number of halogens is 1. The molecule has 1 aromatic heterocycles. The number of H-pyrrole nitrogens is 1. The van der Waals surface area contributed by atoms with Crippen molar-refractivity contribution in [2.75, 3.05) is 25.1 Å². The number of benzene rings is 2. The quantitative estimate of drug-likeness (QED) is 0.394. The molecule has 0 aliphatic heterocycles. The van der Waals surface area contributed by atoms with Crippen LogP contribution in [0.3, 0.4) is 0 Å². The Morgan fingerprint density at radius 2 is 1.93 bits per heavy atom. The first-order valence-corrected chi connectivity index (χ1v) is 10.2. The van der Waals surface area contributed by atoms with Crippen LogP contribution in [0.15, 0.2) is 52.0 Å². The van der Waals surface area contributed by atoms with Crippen molar-refractivity contribution in [3.8, 4) is 17.1 Å². The van der Waals surface area contributed by atoms with Gasteiger partial charge in [-0.25, -0.2) is 5.10 Å². The van der Waals surface area contributed by atoms with E-state index in [1.807, 2.05) is 30.3 Å². The number of methoxy groups -OCH3 is 1. The second-order valence-corrected chi connectivity index (χ2v) is 7.32. The van der Waals surface area contributed by atoms with Crippen LogP contribution in [0.1, 0.15) is 19.4 Å². The lowest BCUT2D eigenvalue weighted by molar-refractivity contribution is 0.414. The van der Waals surface area contributed by atoms with Crippen LogP contribution in [0.5, 0.6) is 5.75 Å². The van der Waals surface area contributed by atoms with Crippen molar-refractivity contribution in [3.05, 3.63) is 57.3 Å². The minimum absolute atomic E-state index is 0.424. The minimum atomic E-state index is 0.424. The predicted molar refractivity (Wildman–Crippen MR) is 120 cm³/mol. The normalized spacial score (nSPS) is 11.1. The van der Waals surface area contributed by atoms with Gasteiger partial charge in [0.2, 0.25) is 4.77 Å². The third-order valence-electron chi connectivity index (χ3n) is 4.41. The zero-order valence-corrected chi connectivity index (χ0v) is 18.4. The van der Waals surface area contributed by atoms with Gasteiger partial charge in [-0.2, -0.15) is 14.9 Å². The van der Waals surface area contributed by atoms with Crippen molar-refractivity contribution < 1.29 is 4.74 Å². The highest BCUT2D eigenvalue weighted by atomic mass is 79.9. The number of aromatic nitrogens is 3. The maximum absolute atomic E-state index is 5.40.